The summed E-state index contributed by atoms with van der Waals surface area (Å²) in [6.45, 7) is 7.97. The molecule has 1 aliphatic heterocycles. The number of alkyl halides is 3. The number of halogens is 3. The van der Waals surface area contributed by atoms with Gasteiger partial charge in [-0.2, -0.15) is 27.9 Å². The number of amides is 2. The van der Waals surface area contributed by atoms with Crippen LogP contribution in [-0.4, -0.2) is 45.0 Å². The minimum atomic E-state index is -4.68. The first-order valence-electron chi connectivity index (χ1n) is 8.98. The summed E-state index contributed by atoms with van der Waals surface area (Å²) < 4.78 is 51.0. The molecule has 8 nitrogen and oxygen atoms in total. The van der Waals surface area contributed by atoms with Crippen LogP contribution in [0.2, 0.25) is 0 Å². The summed E-state index contributed by atoms with van der Waals surface area (Å²) in [7, 11) is 1.30. The number of rotatable bonds is 2. The van der Waals surface area contributed by atoms with Gasteiger partial charge in [0.15, 0.2) is 5.69 Å². The Morgan fingerprint density at radius 3 is 2.33 bits per heavy atom. The number of carbonyl (C=O) groups excluding carboxylic acids is 2. The molecule has 0 saturated heterocycles. The average molecular weight is 426 g/mol. The maximum absolute atomic E-state index is 13.2. The molecule has 0 radical (unpaired) electrons. The molecule has 0 fully saturated rings. The topological polar surface area (TPSA) is 85.5 Å². The Morgan fingerprint density at radius 2 is 1.80 bits per heavy atom. The van der Waals surface area contributed by atoms with Crippen molar-refractivity contribution < 1.29 is 32.2 Å². The van der Waals surface area contributed by atoms with Crippen LogP contribution in [0.25, 0.3) is 5.52 Å². The van der Waals surface area contributed by atoms with E-state index in [1.807, 2.05) is 0 Å². The summed E-state index contributed by atoms with van der Waals surface area (Å²) in [5.41, 5.74) is -2.93. The molecule has 3 heterocycles. The molecule has 0 N–H and O–H groups in total. The summed E-state index contributed by atoms with van der Waals surface area (Å²) in [5, 5.41) is 8.29. The van der Waals surface area contributed by atoms with Crippen LogP contribution < -0.4 is 4.74 Å². The van der Waals surface area contributed by atoms with Crippen molar-refractivity contribution in [1.29, 1.82) is 0 Å². The Bertz CT molecular complexity index is 1060. The van der Waals surface area contributed by atoms with Gasteiger partial charge < -0.3 is 9.47 Å². The van der Waals surface area contributed by atoms with Gasteiger partial charge >= 0.3 is 12.3 Å². The number of ether oxygens (including phenoxy) is 2. The number of hydrogen-bond donors (Lipinski definition) is 0. The number of methoxy groups -OCH3 is 1. The Morgan fingerprint density at radius 1 is 1.17 bits per heavy atom. The number of fused-ring (bicyclic) bond motifs is 1. The van der Waals surface area contributed by atoms with Gasteiger partial charge in [0, 0.05) is 11.6 Å². The third-order valence-corrected chi connectivity index (χ3v) is 4.43. The molecule has 0 aromatic carbocycles. The Labute approximate surface area is 170 Å². The quantitative estimate of drug-likeness (QED) is 0.728. The standard InChI is InChI=1S/C19H21F3N4O4/c1-17(2,3)30-16(28)26-15(27)18(4,5)14(24-26)10-7-8-13(29-6)25-11(10)9-12(23-25)19(20,21)22/h7-9H,1-6H3. The average Bonchev–Trinajstić information content (AvgIpc) is 3.14. The highest BCUT2D eigenvalue weighted by Crippen LogP contribution is 2.37. The number of pyridine rings is 1. The van der Waals surface area contributed by atoms with E-state index in [0.29, 0.717) is 5.01 Å². The lowest BCUT2D eigenvalue weighted by molar-refractivity contribution is -0.141. The van der Waals surface area contributed by atoms with E-state index >= 15 is 0 Å². The zero-order chi connectivity index (χ0) is 22.6. The van der Waals surface area contributed by atoms with Gasteiger partial charge in [-0.05, 0) is 46.8 Å². The van der Waals surface area contributed by atoms with E-state index in [-0.39, 0.29) is 22.7 Å². The highest BCUT2D eigenvalue weighted by Gasteiger charge is 2.48. The molecular weight excluding hydrogens is 405 g/mol. The highest BCUT2D eigenvalue weighted by atomic mass is 19.4. The van der Waals surface area contributed by atoms with E-state index in [4.69, 9.17) is 9.47 Å². The molecular formula is C19H21F3N4O4. The first kappa shape index (κ1) is 21.6. The van der Waals surface area contributed by atoms with E-state index in [1.165, 1.54) is 33.1 Å². The van der Waals surface area contributed by atoms with Crippen LogP contribution in [0.15, 0.2) is 23.3 Å². The van der Waals surface area contributed by atoms with Crippen molar-refractivity contribution in [3.63, 3.8) is 0 Å². The molecule has 0 spiro atoms. The van der Waals surface area contributed by atoms with Crippen molar-refractivity contribution >= 4 is 23.2 Å². The van der Waals surface area contributed by atoms with Gasteiger partial charge in [0.2, 0.25) is 5.88 Å². The van der Waals surface area contributed by atoms with Gasteiger partial charge in [-0.3, -0.25) is 4.79 Å². The van der Waals surface area contributed by atoms with E-state index < -0.39 is 34.9 Å². The second-order valence-corrected chi connectivity index (χ2v) is 8.28. The first-order valence-corrected chi connectivity index (χ1v) is 8.98. The SMILES string of the molecule is COc1ccc(C2=NN(C(=O)OC(C)(C)C)C(=O)C2(C)C)c2cc(C(F)(F)F)nn12. The summed E-state index contributed by atoms with van der Waals surface area (Å²) in [6, 6.07) is 3.73. The first-order chi connectivity index (χ1) is 13.7. The predicted octanol–water partition coefficient (Wildman–Crippen LogP) is 3.87. The van der Waals surface area contributed by atoms with Crippen molar-refractivity contribution in [1.82, 2.24) is 14.6 Å². The number of hydrazone groups is 1. The molecule has 0 bridgehead atoms. The summed E-state index contributed by atoms with van der Waals surface area (Å²) in [6.07, 6.45) is -5.65. The van der Waals surface area contributed by atoms with Gasteiger partial charge in [0.05, 0.1) is 23.8 Å². The number of aromatic nitrogens is 2. The van der Waals surface area contributed by atoms with Crippen LogP contribution in [0, 0.1) is 5.41 Å². The van der Waals surface area contributed by atoms with Gasteiger partial charge in [0.1, 0.15) is 5.60 Å². The molecule has 2 aromatic heterocycles. The molecule has 30 heavy (non-hydrogen) atoms. The predicted molar refractivity (Wildman–Crippen MR) is 100 cm³/mol. The number of imide groups is 1. The number of nitrogens with zero attached hydrogens (tertiary/aromatic N) is 4. The minimum Gasteiger partial charge on any atom is -0.481 e. The molecule has 2 aromatic rings. The van der Waals surface area contributed by atoms with E-state index in [0.717, 1.165) is 10.6 Å². The monoisotopic (exact) mass is 426 g/mol. The number of carbonyl (C=O) groups is 2. The molecule has 11 heteroatoms. The lowest BCUT2D eigenvalue weighted by atomic mass is 9.83. The molecule has 3 rings (SSSR count). The Balaban J connectivity index is 2.18. The molecule has 1 aliphatic rings. The van der Waals surface area contributed by atoms with Crippen LogP contribution in [-0.2, 0) is 15.7 Å². The van der Waals surface area contributed by atoms with Crippen LogP contribution in [0.4, 0.5) is 18.0 Å². The third kappa shape index (κ3) is 3.59. The van der Waals surface area contributed by atoms with Gasteiger partial charge in [0.25, 0.3) is 5.91 Å². The van der Waals surface area contributed by atoms with Crippen molar-refractivity contribution in [3.8, 4) is 5.88 Å². The maximum atomic E-state index is 13.2. The molecule has 0 atom stereocenters. The maximum Gasteiger partial charge on any atom is 0.438 e. The lowest BCUT2D eigenvalue weighted by Gasteiger charge is -2.23. The lowest BCUT2D eigenvalue weighted by Crippen LogP contribution is -2.40. The molecule has 0 aliphatic carbocycles. The van der Waals surface area contributed by atoms with Crippen LogP contribution >= 0.6 is 0 Å². The van der Waals surface area contributed by atoms with Gasteiger partial charge in [-0.15, -0.1) is 5.01 Å². The largest absolute Gasteiger partial charge is 0.481 e. The zero-order valence-electron chi connectivity index (χ0n) is 17.3. The molecule has 0 saturated carbocycles. The van der Waals surface area contributed by atoms with E-state index in [9.17, 15) is 22.8 Å². The second-order valence-electron chi connectivity index (χ2n) is 8.28. The van der Waals surface area contributed by atoms with Gasteiger partial charge in [-0.1, -0.05) is 0 Å². The summed E-state index contributed by atoms with van der Waals surface area (Å²) >= 11 is 0. The minimum absolute atomic E-state index is 0.0346. The molecule has 2 amide bonds. The molecule has 0 unspecified atom stereocenters. The summed E-state index contributed by atoms with van der Waals surface area (Å²) in [5.74, 6) is -0.591. The van der Waals surface area contributed by atoms with Crippen molar-refractivity contribution in [2.75, 3.05) is 7.11 Å². The zero-order valence-corrected chi connectivity index (χ0v) is 17.3. The smallest absolute Gasteiger partial charge is 0.438 e. The summed E-state index contributed by atoms with van der Waals surface area (Å²) in [4.78, 5) is 25.3. The van der Waals surface area contributed by atoms with E-state index in [1.54, 1.807) is 20.8 Å². The fraction of sp³-hybridized carbons (Fsp3) is 0.474. The van der Waals surface area contributed by atoms with Crippen molar-refractivity contribution in [2.24, 2.45) is 10.5 Å². The van der Waals surface area contributed by atoms with Crippen molar-refractivity contribution in [3.05, 3.63) is 29.5 Å². The van der Waals surface area contributed by atoms with Gasteiger partial charge in [-0.25, -0.2) is 4.79 Å². The van der Waals surface area contributed by atoms with Crippen LogP contribution in [0.5, 0.6) is 5.88 Å². The molecule has 162 valence electrons. The van der Waals surface area contributed by atoms with Crippen LogP contribution in [0.1, 0.15) is 45.9 Å². The van der Waals surface area contributed by atoms with E-state index in [2.05, 4.69) is 10.2 Å². The Hall–Kier alpha value is -3.11. The van der Waals surface area contributed by atoms with Crippen LogP contribution in [0.3, 0.4) is 0 Å². The Kier molecular flexibility index (Phi) is 4.83. The van der Waals surface area contributed by atoms with Crippen molar-refractivity contribution in [2.45, 2.75) is 46.4 Å². The fourth-order valence-electron chi connectivity index (χ4n) is 3.00. The fourth-order valence-corrected chi connectivity index (χ4v) is 3.00. The number of hydrogen-bond acceptors (Lipinski definition) is 6. The second kappa shape index (κ2) is 6.71. The highest BCUT2D eigenvalue weighted by molar-refractivity contribution is 6.23. The normalized spacial score (nSPS) is 16.8. The third-order valence-electron chi connectivity index (χ3n) is 4.43.